The van der Waals surface area contributed by atoms with E-state index in [2.05, 4.69) is 14.7 Å². The molecule has 0 spiro atoms. The molecule has 1 heterocycles. The first kappa shape index (κ1) is 14.1. The molecule has 0 atom stereocenters. The number of ether oxygens (including phenoxy) is 1. The van der Waals surface area contributed by atoms with Gasteiger partial charge < -0.3 is 10.5 Å². The van der Waals surface area contributed by atoms with Gasteiger partial charge in [-0.2, -0.15) is 0 Å². The number of anilines is 2. The third-order valence-corrected chi connectivity index (χ3v) is 3.54. The Balaban J connectivity index is 1.89. The van der Waals surface area contributed by atoms with E-state index >= 15 is 0 Å². The molecule has 2 aromatic rings. The van der Waals surface area contributed by atoms with Gasteiger partial charge in [-0.3, -0.25) is 4.72 Å². The van der Waals surface area contributed by atoms with Gasteiger partial charge >= 0.3 is 0 Å². The van der Waals surface area contributed by atoms with E-state index in [1.165, 1.54) is 12.4 Å². The van der Waals surface area contributed by atoms with E-state index < -0.39 is 10.0 Å². The highest BCUT2D eigenvalue weighted by Crippen LogP contribution is 2.19. The summed E-state index contributed by atoms with van der Waals surface area (Å²) >= 11 is 0. The number of sulfonamides is 1. The number of hydrogen-bond donors (Lipinski definition) is 2. The molecule has 0 fully saturated rings. The Morgan fingerprint density at radius 3 is 2.55 bits per heavy atom. The molecule has 0 radical (unpaired) electrons. The van der Waals surface area contributed by atoms with Crippen molar-refractivity contribution in [1.82, 2.24) is 9.97 Å². The minimum atomic E-state index is -3.56. The Hall–Kier alpha value is -2.35. The van der Waals surface area contributed by atoms with Crippen LogP contribution in [0.15, 0.2) is 42.7 Å². The Bertz CT molecular complexity index is 661. The summed E-state index contributed by atoms with van der Waals surface area (Å²) in [6.45, 7) is -0.0175. The van der Waals surface area contributed by atoms with Gasteiger partial charge in [0.05, 0.1) is 5.69 Å². The molecule has 0 aliphatic rings. The van der Waals surface area contributed by atoms with Crippen molar-refractivity contribution in [2.45, 2.75) is 0 Å². The fourth-order valence-electron chi connectivity index (χ4n) is 1.42. The summed E-state index contributed by atoms with van der Waals surface area (Å²) in [4.78, 5) is 7.56. The first-order valence-electron chi connectivity index (χ1n) is 5.82. The number of benzene rings is 1. The molecule has 1 aromatic heterocycles. The van der Waals surface area contributed by atoms with Crippen molar-refractivity contribution in [3.05, 3.63) is 42.7 Å². The minimum absolute atomic E-state index is 0.0175. The minimum Gasteiger partial charge on any atom is -0.490 e. The second kappa shape index (κ2) is 6.20. The summed E-state index contributed by atoms with van der Waals surface area (Å²) < 4.78 is 31.1. The molecule has 8 heteroatoms. The molecule has 0 saturated heterocycles. The van der Waals surface area contributed by atoms with Crippen LogP contribution in [0.25, 0.3) is 0 Å². The van der Waals surface area contributed by atoms with Crippen LogP contribution in [-0.4, -0.2) is 30.7 Å². The van der Waals surface area contributed by atoms with Gasteiger partial charge in [-0.05, 0) is 18.2 Å². The number of nitrogens with two attached hydrogens (primary N) is 1. The van der Waals surface area contributed by atoms with Gasteiger partial charge in [0.15, 0.2) is 0 Å². The van der Waals surface area contributed by atoms with Gasteiger partial charge in [0, 0.05) is 12.4 Å². The summed E-state index contributed by atoms with van der Waals surface area (Å²) in [5, 5.41) is 0. The molecule has 0 bridgehead atoms. The Morgan fingerprint density at radius 2 is 1.85 bits per heavy atom. The lowest BCUT2D eigenvalue weighted by Gasteiger charge is -2.09. The highest BCUT2D eigenvalue weighted by atomic mass is 32.2. The van der Waals surface area contributed by atoms with Crippen LogP contribution >= 0.6 is 0 Å². The number of nitrogen functional groups attached to an aromatic ring is 1. The van der Waals surface area contributed by atoms with Crippen LogP contribution in [0, 0.1) is 0 Å². The zero-order valence-electron chi connectivity index (χ0n) is 10.6. The van der Waals surface area contributed by atoms with Crippen LogP contribution in [0.2, 0.25) is 0 Å². The van der Waals surface area contributed by atoms with Crippen LogP contribution in [0.3, 0.4) is 0 Å². The van der Waals surface area contributed by atoms with E-state index in [9.17, 15) is 8.42 Å². The van der Waals surface area contributed by atoms with Crippen LogP contribution < -0.4 is 15.2 Å². The van der Waals surface area contributed by atoms with E-state index in [1.54, 1.807) is 30.3 Å². The van der Waals surface area contributed by atoms with E-state index in [-0.39, 0.29) is 18.3 Å². The SMILES string of the molecule is Nc1ccccc1OCCS(=O)(=O)Nc1ncccn1. The highest BCUT2D eigenvalue weighted by molar-refractivity contribution is 7.92. The molecular weight excluding hydrogens is 280 g/mol. The number of nitrogens with one attached hydrogen (secondary N) is 1. The van der Waals surface area contributed by atoms with E-state index in [4.69, 9.17) is 10.5 Å². The van der Waals surface area contributed by atoms with Crippen molar-refractivity contribution in [2.75, 3.05) is 22.8 Å². The normalized spacial score (nSPS) is 11.0. The van der Waals surface area contributed by atoms with Crippen molar-refractivity contribution in [1.29, 1.82) is 0 Å². The van der Waals surface area contributed by atoms with Crippen molar-refractivity contribution in [3.8, 4) is 5.75 Å². The number of nitrogens with zero attached hydrogens (tertiary/aromatic N) is 2. The fraction of sp³-hybridized carbons (Fsp3) is 0.167. The second-order valence-electron chi connectivity index (χ2n) is 3.88. The van der Waals surface area contributed by atoms with Crippen LogP contribution in [0.1, 0.15) is 0 Å². The molecule has 3 N–H and O–H groups in total. The van der Waals surface area contributed by atoms with Crippen molar-refractivity contribution < 1.29 is 13.2 Å². The molecule has 7 nitrogen and oxygen atoms in total. The fourth-order valence-corrected chi connectivity index (χ4v) is 2.20. The van der Waals surface area contributed by atoms with Crippen molar-refractivity contribution in [2.24, 2.45) is 0 Å². The summed E-state index contributed by atoms with van der Waals surface area (Å²) in [5.41, 5.74) is 6.15. The molecular formula is C12H14N4O3S. The number of aromatic nitrogens is 2. The van der Waals surface area contributed by atoms with Gasteiger partial charge in [-0.25, -0.2) is 18.4 Å². The summed E-state index contributed by atoms with van der Waals surface area (Å²) in [6.07, 6.45) is 2.90. The van der Waals surface area contributed by atoms with Crippen LogP contribution in [0.4, 0.5) is 11.6 Å². The average Bonchev–Trinajstić information content (AvgIpc) is 2.41. The Kier molecular flexibility index (Phi) is 4.36. The van der Waals surface area contributed by atoms with Crippen LogP contribution in [0.5, 0.6) is 5.75 Å². The van der Waals surface area contributed by atoms with Gasteiger partial charge in [0.2, 0.25) is 16.0 Å². The van der Waals surface area contributed by atoms with Crippen molar-refractivity contribution >= 4 is 21.7 Å². The highest BCUT2D eigenvalue weighted by Gasteiger charge is 2.12. The van der Waals surface area contributed by atoms with Gasteiger partial charge in [0.25, 0.3) is 0 Å². The van der Waals surface area contributed by atoms with E-state index in [0.717, 1.165) is 0 Å². The third kappa shape index (κ3) is 4.09. The summed E-state index contributed by atoms with van der Waals surface area (Å²) in [7, 11) is -3.56. The lowest BCUT2D eigenvalue weighted by atomic mass is 10.3. The number of hydrogen-bond acceptors (Lipinski definition) is 6. The maximum absolute atomic E-state index is 11.8. The van der Waals surface area contributed by atoms with Gasteiger partial charge in [-0.15, -0.1) is 0 Å². The number of para-hydroxylation sites is 2. The lowest BCUT2D eigenvalue weighted by molar-refractivity contribution is 0.343. The smallest absolute Gasteiger partial charge is 0.238 e. The maximum Gasteiger partial charge on any atom is 0.238 e. The molecule has 0 aliphatic heterocycles. The average molecular weight is 294 g/mol. The zero-order chi connectivity index (χ0) is 14.4. The second-order valence-corrected chi connectivity index (χ2v) is 5.72. The first-order chi connectivity index (χ1) is 9.57. The standard InChI is InChI=1S/C12H14N4O3S/c13-10-4-1-2-5-11(10)19-8-9-20(17,18)16-12-14-6-3-7-15-12/h1-7H,8-9,13H2,(H,14,15,16). The van der Waals surface area contributed by atoms with E-state index in [0.29, 0.717) is 11.4 Å². The molecule has 2 rings (SSSR count). The molecule has 20 heavy (non-hydrogen) atoms. The van der Waals surface area contributed by atoms with Gasteiger partial charge in [0.1, 0.15) is 18.1 Å². The Morgan fingerprint density at radius 1 is 1.15 bits per heavy atom. The molecule has 0 amide bonds. The quantitative estimate of drug-likeness (QED) is 0.766. The molecule has 106 valence electrons. The van der Waals surface area contributed by atoms with E-state index in [1.807, 2.05) is 0 Å². The lowest BCUT2D eigenvalue weighted by Crippen LogP contribution is -2.22. The predicted octanol–water partition coefficient (Wildman–Crippen LogP) is 0.879. The largest absolute Gasteiger partial charge is 0.490 e. The summed E-state index contributed by atoms with van der Waals surface area (Å²) in [5.74, 6) is 0.268. The molecule has 0 aliphatic carbocycles. The maximum atomic E-state index is 11.8. The number of rotatable bonds is 6. The monoisotopic (exact) mass is 294 g/mol. The molecule has 0 unspecified atom stereocenters. The Labute approximate surface area is 116 Å². The molecule has 1 aromatic carbocycles. The van der Waals surface area contributed by atoms with Crippen molar-refractivity contribution in [3.63, 3.8) is 0 Å². The predicted molar refractivity (Wildman–Crippen MR) is 75.8 cm³/mol. The molecule has 0 saturated carbocycles. The topological polar surface area (TPSA) is 107 Å². The zero-order valence-corrected chi connectivity index (χ0v) is 11.4. The van der Waals surface area contributed by atoms with Crippen LogP contribution in [-0.2, 0) is 10.0 Å². The first-order valence-corrected chi connectivity index (χ1v) is 7.47. The summed E-state index contributed by atoms with van der Waals surface area (Å²) in [6, 6.07) is 8.48. The van der Waals surface area contributed by atoms with Gasteiger partial charge in [-0.1, -0.05) is 12.1 Å². The third-order valence-electron chi connectivity index (χ3n) is 2.34.